The third-order valence-corrected chi connectivity index (χ3v) is 4.25. The highest BCUT2D eigenvalue weighted by Gasteiger charge is 2.30. The van der Waals surface area contributed by atoms with E-state index in [1.54, 1.807) is 41.3 Å². The maximum Gasteiger partial charge on any atom is 0.255 e. The van der Waals surface area contributed by atoms with Gasteiger partial charge in [-0.25, -0.2) is 4.39 Å². The van der Waals surface area contributed by atoms with Crippen molar-refractivity contribution < 1.29 is 18.7 Å². The van der Waals surface area contributed by atoms with Crippen LogP contribution in [-0.2, 0) is 4.79 Å². The molecule has 1 N–H and O–H groups in total. The van der Waals surface area contributed by atoms with E-state index in [-0.39, 0.29) is 23.5 Å². The number of methoxy groups -OCH3 is 1. The van der Waals surface area contributed by atoms with Crippen LogP contribution in [0.4, 0.5) is 10.1 Å². The van der Waals surface area contributed by atoms with Crippen LogP contribution in [0.2, 0.25) is 0 Å². The number of carbonyl (C=O) groups excluding carboxylic acids is 2. The maximum absolute atomic E-state index is 13.0. The average Bonchev–Trinajstić information content (AvgIpc) is 3.01. The summed E-state index contributed by atoms with van der Waals surface area (Å²) < 4.78 is 18.2. The highest BCUT2D eigenvalue weighted by atomic mass is 19.1. The first-order valence-corrected chi connectivity index (χ1v) is 8.05. The first-order valence-electron chi connectivity index (χ1n) is 8.05. The number of ether oxygens (including phenoxy) is 1. The number of nitrogens with zero attached hydrogens (tertiary/aromatic N) is 1. The molecule has 0 aliphatic carbocycles. The quantitative estimate of drug-likeness (QED) is 0.909. The number of anilines is 1. The van der Waals surface area contributed by atoms with Crippen LogP contribution in [0.3, 0.4) is 0 Å². The van der Waals surface area contributed by atoms with Crippen molar-refractivity contribution in [2.24, 2.45) is 5.92 Å². The molecule has 2 amide bonds. The van der Waals surface area contributed by atoms with Crippen molar-refractivity contribution in [3.05, 3.63) is 59.9 Å². The number of nitrogens with one attached hydrogen (secondary N) is 1. The third-order valence-electron chi connectivity index (χ3n) is 4.25. The predicted octanol–water partition coefficient (Wildman–Crippen LogP) is 2.62. The molecule has 1 fully saturated rings. The zero-order valence-corrected chi connectivity index (χ0v) is 13.9. The van der Waals surface area contributed by atoms with Crippen molar-refractivity contribution in [2.45, 2.75) is 6.42 Å². The van der Waals surface area contributed by atoms with Crippen LogP contribution in [-0.4, -0.2) is 32.0 Å². The van der Waals surface area contributed by atoms with E-state index < -0.39 is 0 Å². The number of hydrogen-bond donors (Lipinski definition) is 1. The van der Waals surface area contributed by atoms with E-state index in [1.807, 2.05) is 0 Å². The number of benzene rings is 2. The molecule has 1 aliphatic heterocycles. The van der Waals surface area contributed by atoms with E-state index in [9.17, 15) is 14.0 Å². The Hall–Kier alpha value is -2.89. The number of rotatable bonds is 5. The van der Waals surface area contributed by atoms with Crippen LogP contribution < -0.4 is 15.0 Å². The lowest BCUT2D eigenvalue weighted by molar-refractivity contribution is -0.117. The Balaban J connectivity index is 1.60. The second-order valence-electron chi connectivity index (χ2n) is 5.96. The fourth-order valence-electron chi connectivity index (χ4n) is 2.95. The smallest absolute Gasteiger partial charge is 0.255 e. The van der Waals surface area contributed by atoms with Crippen molar-refractivity contribution in [2.75, 3.05) is 25.1 Å². The molecule has 2 aromatic rings. The average molecular weight is 342 g/mol. The van der Waals surface area contributed by atoms with Gasteiger partial charge in [-0.15, -0.1) is 0 Å². The molecular weight excluding hydrogens is 323 g/mol. The summed E-state index contributed by atoms with van der Waals surface area (Å²) in [6.45, 7) is 0.886. The van der Waals surface area contributed by atoms with E-state index in [0.29, 0.717) is 36.5 Å². The van der Waals surface area contributed by atoms with Crippen molar-refractivity contribution in [1.29, 1.82) is 0 Å². The molecule has 0 bridgehead atoms. The topological polar surface area (TPSA) is 58.6 Å². The van der Waals surface area contributed by atoms with Gasteiger partial charge in [-0.3, -0.25) is 9.59 Å². The zero-order valence-electron chi connectivity index (χ0n) is 13.9. The summed E-state index contributed by atoms with van der Waals surface area (Å²) in [5.41, 5.74) is 1.13. The van der Waals surface area contributed by atoms with Crippen LogP contribution in [0.5, 0.6) is 5.75 Å². The van der Waals surface area contributed by atoms with Gasteiger partial charge in [0.1, 0.15) is 11.6 Å². The molecule has 25 heavy (non-hydrogen) atoms. The Morgan fingerprint density at radius 3 is 2.68 bits per heavy atom. The van der Waals surface area contributed by atoms with Gasteiger partial charge < -0.3 is 15.0 Å². The molecule has 1 saturated heterocycles. The molecule has 0 spiro atoms. The molecule has 130 valence electrons. The van der Waals surface area contributed by atoms with Gasteiger partial charge in [-0.1, -0.05) is 12.1 Å². The number of carbonyl (C=O) groups is 2. The largest absolute Gasteiger partial charge is 0.496 e. The summed E-state index contributed by atoms with van der Waals surface area (Å²) in [6, 6.07) is 12.8. The van der Waals surface area contributed by atoms with Crippen LogP contribution in [0.25, 0.3) is 0 Å². The monoisotopic (exact) mass is 342 g/mol. The maximum atomic E-state index is 13.0. The molecule has 0 radical (unpaired) electrons. The lowest BCUT2D eigenvalue weighted by atomic mass is 10.1. The summed E-state index contributed by atoms with van der Waals surface area (Å²) in [5.74, 6) is -0.0732. The Morgan fingerprint density at radius 1 is 1.24 bits per heavy atom. The summed E-state index contributed by atoms with van der Waals surface area (Å²) in [6.07, 6.45) is 0.351. The van der Waals surface area contributed by atoms with Gasteiger partial charge in [-0.2, -0.15) is 0 Å². The van der Waals surface area contributed by atoms with E-state index in [0.717, 1.165) is 0 Å². The molecule has 6 heteroatoms. The molecule has 1 aliphatic rings. The van der Waals surface area contributed by atoms with Gasteiger partial charge in [-0.05, 0) is 36.4 Å². The minimum absolute atomic E-state index is 0.0104. The second kappa shape index (κ2) is 7.34. The molecule has 1 heterocycles. The van der Waals surface area contributed by atoms with Crippen molar-refractivity contribution >= 4 is 17.5 Å². The van der Waals surface area contributed by atoms with Crippen LogP contribution >= 0.6 is 0 Å². The fourth-order valence-corrected chi connectivity index (χ4v) is 2.95. The highest BCUT2D eigenvalue weighted by Crippen LogP contribution is 2.25. The minimum Gasteiger partial charge on any atom is -0.496 e. The molecular formula is C19H19FN2O3. The lowest BCUT2D eigenvalue weighted by Crippen LogP contribution is -2.31. The lowest BCUT2D eigenvalue weighted by Gasteiger charge is -2.17. The molecule has 1 atom stereocenters. The van der Waals surface area contributed by atoms with Crippen molar-refractivity contribution in [3.63, 3.8) is 0 Å². The van der Waals surface area contributed by atoms with Crippen molar-refractivity contribution in [3.8, 4) is 5.75 Å². The van der Waals surface area contributed by atoms with Crippen LogP contribution in [0.15, 0.2) is 48.5 Å². The van der Waals surface area contributed by atoms with E-state index in [4.69, 9.17) is 4.74 Å². The van der Waals surface area contributed by atoms with E-state index in [1.165, 1.54) is 19.2 Å². The minimum atomic E-state index is -0.337. The predicted molar refractivity (Wildman–Crippen MR) is 92.2 cm³/mol. The van der Waals surface area contributed by atoms with Crippen LogP contribution in [0, 0.1) is 11.7 Å². The summed E-state index contributed by atoms with van der Waals surface area (Å²) >= 11 is 0. The fraction of sp³-hybridized carbons (Fsp3) is 0.263. The van der Waals surface area contributed by atoms with Gasteiger partial charge in [0, 0.05) is 31.1 Å². The number of amides is 2. The highest BCUT2D eigenvalue weighted by molar-refractivity contribution is 5.97. The number of hydrogen-bond acceptors (Lipinski definition) is 3. The molecule has 2 aromatic carbocycles. The Bertz CT molecular complexity index is 776. The van der Waals surface area contributed by atoms with Crippen LogP contribution in [0.1, 0.15) is 16.8 Å². The van der Waals surface area contributed by atoms with E-state index in [2.05, 4.69) is 5.32 Å². The first kappa shape index (κ1) is 17.0. The first-order chi connectivity index (χ1) is 12.1. The third kappa shape index (κ3) is 3.79. The molecule has 0 saturated carbocycles. The number of para-hydroxylation sites is 1. The zero-order chi connectivity index (χ0) is 17.8. The standard InChI is InChI=1S/C19H19FN2O3/c1-25-17-5-3-2-4-16(17)19(24)21-11-13-10-18(23)22(12-13)15-8-6-14(20)7-9-15/h2-9,13H,10-12H2,1H3,(H,21,24). The molecule has 1 unspecified atom stereocenters. The van der Waals surface area contributed by atoms with Gasteiger partial charge >= 0.3 is 0 Å². The number of halogens is 1. The SMILES string of the molecule is COc1ccccc1C(=O)NCC1CC(=O)N(c2ccc(F)cc2)C1. The Labute approximate surface area is 145 Å². The summed E-state index contributed by atoms with van der Waals surface area (Å²) in [5, 5.41) is 2.86. The summed E-state index contributed by atoms with van der Waals surface area (Å²) in [7, 11) is 1.52. The van der Waals surface area contributed by atoms with Gasteiger partial charge in [0.05, 0.1) is 12.7 Å². The van der Waals surface area contributed by atoms with Crippen molar-refractivity contribution in [1.82, 2.24) is 5.32 Å². The molecule has 0 aromatic heterocycles. The van der Waals surface area contributed by atoms with Gasteiger partial charge in [0.25, 0.3) is 5.91 Å². The van der Waals surface area contributed by atoms with Gasteiger partial charge in [0.2, 0.25) is 5.91 Å². The second-order valence-corrected chi connectivity index (χ2v) is 5.96. The van der Waals surface area contributed by atoms with Gasteiger partial charge in [0.15, 0.2) is 0 Å². The molecule has 5 nitrogen and oxygen atoms in total. The van der Waals surface area contributed by atoms with E-state index >= 15 is 0 Å². The Kier molecular flexibility index (Phi) is 4.97. The Morgan fingerprint density at radius 2 is 1.96 bits per heavy atom. The normalized spacial score (nSPS) is 16.8. The summed E-state index contributed by atoms with van der Waals surface area (Å²) in [4.78, 5) is 26.1. The molecule has 3 rings (SSSR count).